The summed E-state index contributed by atoms with van der Waals surface area (Å²) in [6.45, 7) is 6.11. The smallest absolute Gasteiger partial charge is 0.224 e. The van der Waals surface area contributed by atoms with Gasteiger partial charge in [0.1, 0.15) is 0 Å². The SMILES string of the molecule is CCN(CC)C(=O)CCNc1cnnc2ccccc12. The van der Waals surface area contributed by atoms with E-state index in [1.807, 2.05) is 43.0 Å². The first-order chi connectivity index (χ1) is 9.76. The summed E-state index contributed by atoms with van der Waals surface area (Å²) in [4.78, 5) is 13.8. The van der Waals surface area contributed by atoms with Crippen molar-refractivity contribution < 1.29 is 4.79 Å². The molecule has 5 heteroatoms. The number of benzene rings is 1. The van der Waals surface area contributed by atoms with E-state index in [9.17, 15) is 4.79 Å². The number of nitrogens with zero attached hydrogens (tertiary/aromatic N) is 3. The lowest BCUT2D eigenvalue weighted by Crippen LogP contribution is -2.31. The number of anilines is 1. The minimum atomic E-state index is 0.175. The highest BCUT2D eigenvalue weighted by Crippen LogP contribution is 2.19. The molecule has 1 aromatic carbocycles. The lowest BCUT2D eigenvalue weighted by molar-refractivity contribution is -0.130. The maximum atomic E-state index is 11.9. The van der Waals surface area contributed by atoms with E-state index in [0.29, 0.717) is 13.0 Å². The second-order valence-electron chi connectivity index (χ2n) is 4.52. The molecule has 0 aliphatic carbocycles. The van der Waals surface area contributed by atoms with E-state index >= 15 is 0 Å². The summed E-state index contributed by atoms with van der Waals surface area (Å²) >= 11 is 0. The van der Waals surface area contributed by atoms with Crippen LogP contribution in [0.25, 0.3) is 10.9 Å². The van der Waals surface area contributed by atoms with Gasteiger partial charge in [-0.2, -0.15) is 10.2 Å². The average molecular weight is 272 g/mol. The van der Waals surface area contributed by atoms with Crippen molar-refractivity contribution in [2.45, 2.75) is 20.3 Å². The van der Waals surface area contributed by atoms with Gasteiger partial charge in [0.2, 0.25) is 5.91 Å². The van der Waals surface area contributed by atoms with Gasteiger partial charge in [-0.3, -0.25) is 4.79 Å². The highest BCUT2D eigenvalue weighted by atomic mass is 16.2. The molecule has 1 heterocycles. The van der Waals surface area contributed by atoms with Crippen molar-refractivity contribution in [2.24, 2.45) is 0 Å². The number of carbonyl (C=O) groups excluding carboxylic acids is 1. The molecular weight excluding hydrogens is 252 g/mol. The van der Waals surface area contributed by atoms with E-state index in [-0.39, 0.29) is 5.91 Å². The lowest BCUT2D eigenvalue weighted by atomic mass is 10.2. The highest BCUT2D eigenvalue weighted by molar-refractivity contribution is 5.90. The Morgan fingerprint density at radius 2 is 2.00 bits per heavy atom. The molecule has 20 heavy (non-hydrogen) atoms. The van der Waals surface area contributed by atoms with Crippen molar-refractivity contribution in [1.29, 1.82) is 0 Å². The van der Waals surface area contributed by atoms with Crippen LogP contribution in [-0.4, -0.2) is 40.6 Å². The summed E-state index contributed by atoms with van der Waals surface area (Å²) < 4.78 is 0. The first kappa shape index (κ1) is 14.2. The van der Waals surface area contributed by atoms with E-state index in [4.69, 9.17) is 0 Å². The number of fused-ring (bicyclic) bond motifs is 1. The number of rotatable bonds is 6. The van der Waals surface area contributed by atoms with Gasteiger partial charge in [-0.1, -0.05) is 18.2 Å². The molecule has 1 amide bonds. The Hall–Kier alpha value is -2.17. The van der Waals surface area contributed by atoms with Crippen LogP contribution in [0, 0.1) is 0 Å². The van der Waals surface area contributed by atoms with Crippen LogP contribution in [0.3, 0.4) is 0 Å². The van der Waals surface area contributed by atoms with Crippen molar-refractivity contribution in [2.75, 3.05) is 25.0 Å². The van der Waals surface area contributed by atoms with Crippen molar-refractivity contribution in [3.05, 3.63) is 30.5 Å². The van der Waals surface area contributed by atoms with Gasteiger partial charge in [0.15, 0.2) is 0 Å². The van der Waals surface area contributed by atoms with E-state index < -0.39 is 0 Å². The summed E-state index contributed by atoms with van der Waals surface area (Å²) in [6.07, 6.45) is 2.18. The molecule has 0 spiro atoms. The fourth-order valence-electron chi connectivity index (χ4n) is 2.19. The zero-order chi connectivity index (χ0) is 14.4. The van der Waals surface area contributed by atoms with Crippen LogP contribution < -0.4 is 5.32 Å². The van der Waals surface area contributed by atoms with Crippen LogP contribution in [0.5, 0.6) is 0 Å². The second-order valence-corrected chi connectivity index (χ2v) is 4.52. The summed E-state index contributed by atoms with van der Waals surface area (Å²) in [5, 5.41) is 12.3. The van der Waals surface area contributed by atoms with Gasteiger partial charge in [-0.05, 0) is 19.9 Å². The molecule has 106 valence electrons. The fraction of sp³-hybridized carbons (Fsp3) is 0.400. The zero-order valence-corrected chi connectivity index (χ0v) is 12.0. The Morgan fingerprint density at radius 1 is 1.25 bits per heavy atom. The predicted octanol–water partition coefficient (Wildman–Crippen LogP) is 2.30. The first-order valence-corrected chi connectivity index (χ1v) is 6.98. The van der Waals surface area contributed by atoms with E-state index in [0.717, 1.165) is 29.7 Å². The van der Waals surface area contributed by atoms with Gasteiger partial charge in [-0.25, -0.2) is 0 Å². The Balaban J connectivity index is 1.98. The molecule has 0 saturated carbocycles. The van der Waals surface area contributed by atoms with Gasteiger partial charge < -0.3 is 10.2 Å². The average Bonchev–Trinajstić information content (AvgIpc) is 2.49. The normalized spacial score (nSPS) is 10.5. The molecule has 1 aromatic heterocycles. The predicted molar refractivity (Wildman–Crippen MR) is 80.6 cm³/mol. The van der Waals surface area contributed by atoms with E-state index in [1.165, 1.54) is 0 Å². The summed E-state index contributed by atoms with van der Waals surface area (Å²) in [6, 6.07) is 7.83. The molecular formula is C15H20N4O. The van der Waals surface area contributed by atoms with Crippen molar-refractivity contribution >= 4 is 22.5 Å². The number of hydrogen-bond acceptors (Lipinski definition) is 4. The highest BCUT2D eigenvalue weighted by Gasteiger charge is 2.09. The quantitative estimate of drug-likeness (QED) is 0.876. The molecule has 0 radical (unpaired) electrons. The van der Waals surface area contributed by atoms with Crippen LogP contribution in [0.4, 0.5) is 5.69 Å². The molecule has 0 saturated heterocycles. The van der Waals surface area contributed by atoms with E-state index in [1.54, 1.807) is 6.20 Å². The van der Waals surface area contributed by atoms with Crippen molar-refractivity contribution in [3.63, 3.8) is 0 Å². The van der Waals surface area contributed by atoms with Crippen LogP contribution >= 0.6 is 0 Å². The first-order valence-electron chi connectivity index (χ1n) is 6.98. The van der Waals surface area contributed by atoms with Gasteiger partial charge in [0.05, 0.1) is 17.4 Å². The Bertz CT molecular complexity index is 576. The molecule has 1 N–H and O–H groups in total. The third-order valence-electron chi connectivity index (χ3n) is 3.32. The third-order valence-corrected chi connectivity index (χ3v) is 3.32. The molecule has 0 bridgehead atoms. The van der Waals surface area contributed by atoms with Crippen LogP contribution in [0.2, 0.25) is 0 Å². The Labute approximate surface area is 119 Å². The Kier molecular flexibility index (Phi) is 4.87. The van der Waals surface area contributed by atoms with Crippen LogP contribution in [-0.2, 0) is 4.79 Å². The fourth-order valence-corrected chi connectivity index (χ4v) is 2.19. The second kappa shape index (κ2) is 6.84. The largest absolute Gasteiger partial charge is 0.383 e. The molecule has 0 atom stereocenters. The van der Waals surface area contributed by atoms with Crippen molar-refractivity contribution in [3.8, 4) is 0 Å². The zero-order valence-electron chi connectivity index (χ0n) is 12.0. The number of amides is 1. The molecule has 5 nitrogen and oxygen atoms in total. The maximum absolute atomic E-state index is 11.9. The summed E-state index contributed by atoms with van der Waals surface area (Å²) in [5.41, 5.74) is 1.77. The Morgan fingerprint density at radius 3 is 2.75 bits per heavy atom. The maximum Gasteiger partial charge on any atom is 0.224 e. The number of hydrogen-bond donors (Lipinski definition) is 1. The number of aromatic nitrogens is 2. The monoisotopic (exact) mass is 272 g/mol. The third kappa shape index (κ3) is 3.23. The minimum absolute atomic E-state index is 0.175. The number of carbonyl (C=O) groups is 1. The topological polar surface area (TPSA) is 58.1 Å². The van der Waals surface area contributed by atoms with Gasteiger partial charge in [0.25, 0.3) is 0 Å². The molecule has 0 fully saturated rings. The van der Waals surface area contributed by atoms with Crippen molar-refractivity contribution in [1.82, 2.24) is 15.1 Å². The van der Waals surface area contributed by atoms with Gasteiger partial charge in [-0.15, -0.1) is 0 Å². The molecule has 2 aromatic rings. The van der Waals surface area contributed by atoms with Crippen LogP contribution in [0.1, 0.15) is 20.3 Å². The van der Waals surface area contributed by atoms with E-state index in [2.05, 4.69) is 15.5 Å². The standard InChI is InChI=1S/C15H20N4O/c1-3-19(4-2)15(20)9-10-16-14-11-17-18-13-8-6-5-7-12(13)14/h5-8,11H,3-4,9-10H2,1-2H3,(H,16,18). The molecule has 0 aliphatic heterocycles. The van der Waals surface area contributed by atoms with Crippen LogP contribution in [0.15, 0.2) is 30.5 Å². The van der Waals surface area contributed by atoms with Gasteiger partial charge >= 0.3 is 0 Å². The molecule has 2 rings (SSSR count). The lowest BCUT2D eigenvalue weighted by Gasteiger charge is -2.18. The molecule has 0 unspecified atom stereocenters. The molecule has 0 aliphatic rings. The summed E-state index contributed by atoms with van der Waals surface area (Å²) in [5.74, 6) is 0.175. The van der Waals surface area contributed by atoms with Gasteiger partial charge in [0, 0.05) is 31.4 Å². The minimum Gasteiger partial charge on any atom is -0.383 e. The number of nitrogens with one attached hydrogen (secondary N) is 1. The summed E-state index contributed by atoms with van der Waals surface area (Å²) in [7, 11) is 0.